The minimum Gasteiger partial charge on any atom is -0.481 e. The maximum absolute atomic E-state index is 13.8. The van der Waals surface area contributed by atoms with Crippen LogP contribution < -0.4 is 0 Å². The number of esters is 1. The van der Waals surface area contributed by atoms with E-state index in [1.807, 2.05) is 0 Å². The molecule has 0 heterocycles. The fourth-order valence-corrected chi connectivity index (χ4v) is 1.47. The molecule has 0 bridgehead atoms. The van der Waals surface area contributed by atoms with E-state index < -0.39 is 30.2 Å². The van der Waals surface area contributed by atoms with Gasteiger partial charge in [-0.2, -0.15) is 0 Å². The van der Waals surface area contributed by atoms with Crippen LogP contribution in [0.15, 0.2) is 30.3 Å². The van der Waals surface area contributed by atoms with Crippen molar-refractivity contribution >= 4 is 11.9 Å². The summed E-state index contributed by atoms with van der Waals surface area (Å²) >= 11 is 0. The van der Waals surface area contributed by atoms with Gasteiger partial charge in [-0.3, -0.25) is 9.59 Å². The van der Waals surface area contributed by atoms with Crippen LogP contribution in [-0.2, 0) is 20.2 Å². The number of hydrogen-bond donors (Lipinski definition) is 1. The average molecular weight is 258 g/mol. The van der Waals surface area contributed by atoms with Crippen LogP contribution >= 0.6 is 0 Å². The van der Waals surface area contributed by atoms with Crippen LogP contribution in [0.4, 0.5) is 8.78 Å². The Morgan fingerprint density at radius 1 is 1.33 bits per heavy atom. The molecule has 1 N–H and O–H groups in total. The molecule has 0 radical (unpaired) electrons. The van der Waals surface area contributed by atoms with Crippen LogP contribution in [0.3, 0.4) is 0 Å². The first-order valence-electron chi connectivity index (χ1n) is 5.12. The molecule has 0 saturated carbocycles. The van der Waals surface area contributed by atoms with Crippen molar-refractivity contribution in [1.82, 2.24) is 0 Å². The van der Waals surface area contributed by atoms with E-state index in [0.717, 1.165) is 7.11 Å². The molecule has 6 heteroatoms. The molecule has 0 spiro atoms. The molecule has 0 amide bonds. The van der Waals surface area contributed by atoms with Crippen molar-refractivity contribution in [3.05, 3.63) is 35.9 Å². The smallest absolute Gasteiger partial charge is 0.320 e. The molecule has 1 atom stereocenters. The zero-order valence-corrected chi connectivity index (χ0v) is 9.60. The first-order valence-corrected chi connectivity index (χ1v) is 5.12. The first kappa shape index (κ1) is 14.1. The number of ether oxygens (including phenoxy) is 1. The Morgan fingerprint density at radius 2 is 1.89 bits per heavy atom. The van der Waals surface area contributed by atoms with Gasteiger partial charge in [-0.25, -0.2) is 8.78 Å². The number of carbonyl (C=O) groups excluding carboxylic acids is 1. The van der Waals surface area contributed by atoms with Crippen molar-refractivity contribution < 1.29 is 28.2 Å². The van der Waals surface area contributed by atoms with Crippen LogP contribution in [-0.4, -0.2) is 24.2 Å². The number of carboxylic acids is 1. The summed E-state index contributed by atoms with van der Waals surface area (Å²) in [5.74, 6) is -8.10. The van der Waals surface area contributed by atoms with Gasteiger partial charge in [0, 0.05) is 12.0 Å². The highest BCUT2D eigenvalue weighted by molar-refractivity contribution is 5.93. The lowest BCUT2D eigenvalue weighted by Gasteiger charge is -2.19. The second-order valence-electron chi connectivity index (χ2n) is 3.69. The zero-order chi connectivity index (χ0) is 13.8. The van der Waals surface area contributed by atoms with Gasteiger partial charge in [0.2, 0.25) is 0 Å². The third kappa shape index (κ3) is 3.26. The Labute approximate surface area is 102 Å². The fraction of sp³-hybridized carbons (Fsp3) is 0.333. The lowest BCUT2D eigenvalue weighted by atomic mass is 9.96. The minimum atomic E-state index is -3.40. The molecule has 1 rings (SSSR count). The van der Waals surface area contributed by atoms with Crippen molar-refractivity contribution in [2.45, 2.75) is 12.3 Å². The van der Waals surface area contributed by atoms with Crippen molar-refractivity contribution in [2.75, 3.05) is 7.11 Å². The molecule has 0 aliphatic carbocycles. The number of carbonyl (C=O) groups is 2. The van der Waals surface area contributed by atoms with E-state index in [4.69, 9.17) is 5.11 Å². The monoisotopic (exact) mass is 258 g/mol. The van der Waals surface area contributed by atoms with Gasteiger partial charge in [0.15, 0.2) is 5.92 Å². The maximum atomic E-state index is 13.8. The van der Waals surface area contributed by atoms with Crippen LogP contribution in [0.2, 0.25) is 0 Å². The van der Waals surface area contributed by atoms with Gasteiger partial charge in [-0.15, -0.1) is 0 Å². The summed E-state index contributed by atoms with van der Waals surface area (Å²) in [6.07, 6.45) is -1.13. The molecule has 0 saturated heterocycles. The summed E-state index contributed by atoms with van der Waals surface area (Å²) < 4.78 is 31.8. The molecular weight excluding hydrogens is 246 g/mol. The zero-order valence-electron chi connectivity index (χ0n) is 9.60. The summed E-state index contributed by atoms with van der Waals surface area (Å²) in [5, 5.41) is 8.75. The van der Waals surface area contributed by atoms with Crippen LogP contribution in [0.5, 0.6) is 0 Å². The number of hydrogen-bond acceptors (Lipinski definition) is 3. The number of halogens is 2. The Balaban J connectivity index is 2.93. The Hall–Kier alpha value is -1.98. The third-order valence-electron chi connectivity index (χ3n) is 2.44. The molecule has 1 aromatic carbocycles. The van der Waals surface area contributed by atoms with Gasteiger partial charge in [0.25, 0.3) is 5.92 Å². The number of alkyl halides is 2. The highest BCUT2D eigenvalue weighted by Gasteiger charge is 2.41. The summed E-state index contributed by atoms with van der Waals surface area (Å²) in [6, 6.07) is 6.75. The highest BCUT2D eigenvalue weighted by atomic mass is 19.3. The van der Waals surface area contributed by atoms with Crippen LogP contribution in [0.1, 0.15) is 12.0 Å². The topological polar surface area (TPSA) is 63.6 Å². The van der Waals surface area contributed by atoms with E-state index in [0.29, 0.717) is 0 Å². The summed E-state index contributed by atoms with van der Waals surface area (Å²) in [7, 11) is 0.957. The summed E-state index contributed by atoms with van der Waals surface area (Å²) in [6.45, 7) is 0. The normalized spacial score (nSPS) is 12.8. The highest BCUT2D eigenvalue weighted by Crippen LogP contribution is 2.34. The van der Waals surface area contributed by atoms with Gasteiger partial charge >= 0.3 is 11.9 Å². The van der Waals surface area contributed by atoms with Crippen molar-refractivity contribution in [2.24, 2.45) is 5.92 Å². The predicted molar refractivity (Wildman–Crippen MR) is 58.1 cm³/mol. The molecule has 0 aliphatic heterocycles. The molecule has 4 nitrogen and oxygen atoms in total. The molecule has 1 aromatic rings. The number of methoxy groups -OCH3 is 1. The third-order valence-corrected chi connectivity index (χ3v) is 2.44. The lowest BCUT2D eigenvalue weighted by molar-refractivity contribution is -0.162. The van der Waals surface area contributed by atoms with Gasteiger partial charge in [-0.1, -0.05) is 30.3 Å². The van der Waals surface area contributed by atoms with Crippen molar-refractivity contribution in [3.63, 3.8) is 0 Å². The number of aliphatic carboxylic acids is 1. The lowest BCUT2D eigenvalue weighted by Crippen LogP contribution is -2.31. The molecule has 0 aliphatic rings. The molecule has 0 fully saturated rings. The van der Waals surface area contributed by atoms with E-state index in [9.17, 15) is 18.4 Å². The van der Waals surface area contributed by atoms with Crippen LogP contribution in [0.25, 0.3) is 0 Å². The fourth-order valence-electron chi connectivity index (χ4n) is 1.47. The molecule has 98 valence electrons. The van der Waals surface area contributed by atoms with E-state index in [1.165, 1.54) is 24.3 Å². The first-order chi connectivity index (χ1) is 8.38. The van der Waals surface area contributed by atoms with E-state index in [-0.39, 0.29) is 5.56 Å². The maximum Gasteiger partial charge on any atom is 0.320 e. The molecule has 18 heavy (non-hydrogen) atoms. The Bertz CT molecular complexity index is 431. The quantitative estimate of drug-likeness (QED) is 0.648. The van der Waals surface area contributed by atoms with Crippen molar-refractivity contribution in [3.8, 4) is 0 Å². The van der Waals surface area contributed by atoms with Gasteiger partial charge < -0.3 is 9.84 Å². The number of carboxylic acid groups (broad SMARTS) is 1. The average Bonchev–Trinajstić information content (AvgIpc) is 2.36. The summed E-state index contributed by atoms with van der Waals surface area (Å²) in [4.78, 5) is 21.9. The van der Waals surface area contributed by atoms with E-state index in [2.05, 4.69) is 4.74 Å². The summed E-state index contributed by atoms with van der Waals surface area (Å²) in [5.41, 5.74) is -0.333. The molecule has 0 aromatic heterocycles. The van der Waals surface area contributed by atoms with Gasteiger partial charge in [0.1, 0.15) is 0 Å². The Kier molecular flexibility index (Phi) is 4.36. The second-order valence-corrected chi connectivity index (χ2v) is 3.69. The standard InChI is InChI=1S/C12H12F2O4/c1-18-11(17)9(10(15)16)7-12(13,14)8-5-3-2-4-6-8/h2-6,9H,7H2,1H3,(H,15,16). The van der Waals surface area contributed by atoms with E-state index in [1.54, 1.807) is 6.07 Å². The number of benzene rings is 1. The van der Waals surface area contributed by atoms with E-state index >= 15 is 0 Å². The van der Waals surface area contributed by atoms with Crippen LogP contribution in [0, 0.1) is 5.92 Å². The minimum absolute atomic E-state index is 0.333. The van der Waals surface area contributed by atoms with Gasteiger partial charge in [0.05, 0.1) is 7.11 Å². The van der Waals surface area contributed by atoms with Gasteiger partial charge in [-0.05, 0) is 0 Å². The molecular formula is C12H12F2O4. The molecule has 1 unspecified atom stereocenters. The predicted octanol–water partition coefficient (Wildman–Crippen LogP) is 2.04. The van der Waals surface area contributed by atoms with Crippen molar-refractivity contribution in [1.29, 1.82) is 0 Å². The number of rotatable bonds is 5. The largest absolute Gasteiger partial charge is 0.481 e. The second kappa shape index (κ2) is 5.57. The SMILES string of the molecule is COC(=O)C(CC(F)(F)c1ccccc1)C(=O)O. The Morgan fingerprint density at radius 3 is 2.33 bits per heavy atom.